The average Bonchev–Trinajstić information content (AvgIpc) is 3.16. The standard InChI is InChI=1S/C20H21NO3S/c1-2-3-11-19(22)21(13-12-18-10-7-16-25-18)14-15-24-20(23)17-8-5-4-6-9-17/h4-10,16H,2-3,11,14-15H2,1H3. The summed E-state index contributed by atoms with van der Waals surface area (Å²) in [7, 11) is 0. The molecule has 0 unspecified atom stereocenters. The average molecular weight is 355 g/mol. The van der Waals surface area contributed by atoms with Crippen LogP contribution >= 0.6 is 11.3 Å². The first-order valence-corrected chi connectivity index (χ1v) is 9.16. The summed E-state index contributed by atoms with van der Waals surface area (Å²) in [6, 6.07) is 15.5. The summed E-state index contributed by atoms with van der Waals surface area (Å²) in [4.78, 5) is 26.6. The largest absolute Gasteiger partial charge is 0.460 e. The molecule has 1 heterocycles. The number of esters is 1. The number of carbonyl (C=O) groups excluding carboxylic acids is 2. The molecule has 0 atom stereocenters. The molecule has 1 aromatic carbocycles. The normalized spacial score (nSPS) is 9.80. The van der Waals surface area contributed by atoms with Crippen molar-refractivity contribution in [3.05, 3.63) is 58.3 Å². The van der Waals surface area contributed by atoms with Crippen molar-refractivity contribution in [2.24, 2.45) is 0 Å². The van der Waals surface area contributed by atoms with Crippen LogP contribution in [0.3, 0.4) is 0 Å². The monoisotopic (exact) mass is 355 g/mol. The predicted octanol–water partition coefficient (Wildman–Crippen LogP) is 3.93. The van der Waals surface area contributed by atoms with Crippen LogP contribution in [0.1, 0.15) is 41.4 Å². The number of rotatable bonds is 7. The Morgan fingerprint density at radius 3 is 2.64 bits per heavy atom. The van der Waals surface area contributed by atoms with Gasteiger partial charge in [-0.15, -0.1) is 11.3 Å². The molecule has 0 fully saturated rings. The fourth-order valence-electron chi connectivity index (χ4n) is 2.07. The van der Waals surface area contributed by atoms with Gasteiger partial charge in [0.05, 0.1) is 17.0 Å². The van der Waals surface area contributed by atoms with Crippen LogP contribution in [-0.4, -0.2) is 29.9 Å². The van der Waals surface area contributed by atoms with E-state index < -0.39 is 5.97 Å². The van der Waals surface area contributed by atoms with E-state index in [1.807, 2.05) is 30.5 Å². The van der Waals surface area contributed by atoms with E-state index in [2.05, 4.69) is 12.0 Å². The lowest BCUT2D eigenvalue weighted by atomic mass is 10.2. The molecule has 1 aromatic heterocycles. The summed E-state index contributed by atoms with van der Waals surface area (Å²) < 4.78 is 5.25. The Morgan fingerprint density at radius 2 is 1.96 bits per heavy atom. The number of ether oxygens (including phenoxy) is 1. The Hall–Kier alpha value is -2.58. The third-order valence-corrected chi connectivity index (χ3v) is 4.22. The minimum Gasteiger partial charge on any atom is -0.460 e. The van der Waals surface area contributed by atoms with Gasteiger partial charge in [-0.1, -0.05) is 37.6 Å². The molecule has 0 aliphatic carbocycles. The van der Waals surface area contributed by atoms with Crippen LogP contribution in [-0.2, 0) is 9.53 Å². The van der Waals surface area contributed by atoms with Gasteiger partial charge in [0, 0.05) is 12.5 Å². The first kappa shape index (κ1) is 18.8. The second-order valence-corrected chi connectivity index (χ2v) is 6.31. The molecule has 0 aliphatic heterocycles. The molecule has 0 aliphatic rings. The number of unbranched alkanes of at least 4 members (excludes halogenated alkanes) is 1. The highest BCUT2D eigenvalue weighted by Crippen LogP contribution is 2.07. The molecule has 0 saturated heterocycles. The topological polar surface area (TPSA) is 46.6 Å². The third-order valence-electron chi connectivity index (χ3n) is 3.44. The zero-order chi connectivity index (χ0) is 17.9. The molecule has 2 aromatic rings. The van der Waals surface area contributed by atoms with Crippen molar-refractivity contribution in [1.82, 2.24) is 4.90 Å². The van der Waals surface area contributed by atoms with E-state index in [-0.39, 0.29) is 19.1 Å². The number of nitrogens with zero attached hydrogens (tertiary/aromatic N) is 1. The summed E-state index contributed by atoms with van der Waals surface area (Å²) in [6.07, 6.45) is 2.21. The molecule has 130 valence electrons. The van der Waals surface area contributed by atoms with Crippen molar-refractivity contribution in [1.29, 1.82) is 0 Å². The molecule has 0 saturated carbocycles. The quantitative estimate of drug-likeness (QED) is 0.429. The van der Waals surface area contributed by atoms with Gasteiger partial charge in [0.15, 0.2) is 0 Å². The van der Waals surface area contributed by atoms with E-state index in [1.165, 1.54) is 16.2 Å². The summed E-state index contributed by atoms with van der Waals surface area (Å²) in [5.41, 5.74) is 0.496. The van der Waals surface area contributed by atoms with Gasteiger partial charge in [-0.05, 0) is 35.9 Å². The number of benzene rings is 1. The maximum Gasteiger partial charge on any atom is 0.338 e. The molecule has 2 rings (SSSR count). The van der Waals surface area contributed by atoms with Crippen molar-refractivity contribution in [3.63, 3.8) is 0 Å². The zero-order valence-electron chi connectivity index (χ0n) is 14.2. The number of hydrogen-bond acceptors (Lipinski definition) is 4. The lowest BCUT2D eigenvalue weighted by Crippen LogP contribution is -2.30. The van der Waals surface area contributed by atoms with Gasteiger partial charge >= 0.3 is 5.97 Å². The van der Waals surface area contributed by atoms with E-state index in [9.17, 15) is 9.59 Å². The molecular formula is C20H21NO3S. The van der Waals surface area contributed by atoms with Crippen molar-refractivity contribution in [3.8, 4) is 12.0 Å². The second kappa shape index (κ2) is 10.3. The van der Waals surface area contributed by atoms with Crippen LogP contribution in [0, 0.1) is 12.0 Å². The highest BCUT2D eigenvalue weighted by atomic mass is 32.1. The number of hydrogen-bond donors (Lipinski definition) is 0. The van der Waals surface area contributed by atoms with E-state index in [1.54, 1.807) is 24.3 Å². The molecule has 4 nitrogen and oxygen atoms in total. The van der Waals surface area contributed by atoms with E-state index >= 15 is 0 Å². The molecule has 0 N–H and O–H groups in total. The smallest absolute Gasteiger partial charge is 0.338 e. The van der Waals surface area contributed by atoms with Gasteiger partial charge in [0.2, 0.25) is 5.91 Å². The van der Waals surface area contributed by atoms with Gasteiger partial charge in [0.25, 0.3) is 0 Å². The lowest BCUT2D eigenvalue weighted by Gasteiger charge is -2.15. The first-order chi connectivity index (χ1) is 12.2. The minimum atomic E-state index is -0.396. The van der Waals surface area contributed by atoms with E-state index in [0.29, 0.717) is 12.0 Å². The Labute approximate surface area is 152 Å². The second-order valence-electron chi connectivity index (χ2n) is 5.36. The Morgan fingerprint density at radius 1 is 1.16 bits per heavy atom. The maximum atomic E-state index is 12.3. The predicted molar refractivity (Wildman–Crippen MR) is 99.2 cm³/mol. The zero-order valence-corrected chi connectivity index (χ0v) is 15.1. The summed E-state index contributed by atoms with van der Waals surface area (Å²) in [6.45, 7) is 2.42. The van der Waals surface area contributed by atoms with Gasteiger partial charge in [-0.3, -0.25) is 9.69 Å². The molecule has 1 amide bonds. The Bertz CT molecular complexity index is 729. The number of carbonyl (C=O) groups is 2. The fraction of sp³-hybridized carbons (Fsp3) is 0.300. The van der Waals surface area contributed by atoms with Gasteiger partial charge in [-0.2, -0.15) is 0 Å². The van der Waals surface area contributed by atoms with Crippen LogP contribution in [0.4, 0.5) is 0 Å². The van der Waals surface area contributed by atoms with Gasteiger partial charge in [-0.25, -0.2) is 4.79 Å². The number of thiophene rings is 1. The van der Waals surface area contributed by atoms with Crippen molar-refractivity contribution >= 4 is 23.2 Å². The summed E-state index contributed by atoms with van der Waals surface area (Å²) in [5.74, 6) is 2.55. The van der Waals surface area contributed by atoms with Gasteiger partial charge < -0.3 is 4.74 Å². The van der Waals surface area contributed by atoms with E-state index in [4.69, 9.17) is 4.74 Å². The minimum absolute atomic E-state index is 0.0401. The highest BCUT2D eigenvalue weighted by Gasteiger charge is 2.12. The number of amides is 1. The molecule has 25 heavy (non-hydrogen) atoms. The van der Waals surface area contributed by atoms with Crippen LogP contribution in [0.15, 0.2) is 47.8 Å². The van der Waals surface area contributed by atoms with Crippen LogP contribution in [0.25, 0.3) is 0 Å². The first-order valence-electron chi connectivity index (χ1n) is 8.28. The molecule has 0 bridgehead atoms. The van der Waals surface area contributed by atoms with Crippen molar-refractivity contribution < 1.29 is 14.3 Å². The molecular weight excluding hydrogens is 334 g/mol. The van der Waals surface area contributed by atoms with Crippen molar-refractivity contribution in [2.75, 3.05) is 13.2 Å². The fourth-order valence-corrected chi connectivity index (χ4v) is 2.63. The molecule has 0 radical (unpaired) electrons. The molecule has 5 heteroatoms. The molecule has 0 spiro atoms. The van der Waals surface area contributed by atoms with Crippen molar-refractivity contribution in [2.45, 2.75) is 26.2 Å². The van der Waals surface area contributed by atoms with Gasteiger partial charge in [0.1, 0.15) is 6.61 Å². The van der Waals surface area contributed by atoms with Crippen LogP contribution < -0.4 is 0 Å². The lowest BCUT2D eigenvalue weighted by molar-refractivity contribution is -0.128. The summed E-state index contributed by atoms with van der Waals surface area (Å²) in [5, 5.41) is 1.94. The SMILES string of the molecule is CCCCC(=O)N(C#Cc1cccs1)CCOC(=O)c1ccccc1. The van der Waals surface area contributed by atoms with Crippen LogP contribution in [0.5, 0.6) is 0 Å². The summed E-state index contributed by atoms with van der Waals surface area (Å²) >= 11 is 1.52. The maximum absolute atomic E-state index is 12.3. The third kappa shape index (κ3) is 6.44. The van der Waals surface area contributed by atoms with E-state index in [0.717, 1.165) is 17.7 Å². The highest BCUT2D eigenvalue weighted by molar-refractivity contribution is 7.10. The Kier molecular flexibility index (Phi) is 7.74. The Balaban J connectivity index is 1.93. The van der Waals surface area contributed by atoms with Crippen LogP contribution in [0.2, 0.25) is 0 Å².